The lowest BCUT2D eigenvalue weighted by atomic mass is 9.85. The number of thioether (sulfide) groups is 1. The second-order valence-corrected chi connectivity index (χ2v) is 9.42. The molecule has 0 radical (unpaired) electrons. The first-order chi connectivity index (χ1) is 16.0. The van der Waals surface area contributed by atoms with Crippen LogP contribution in [0.3, 0.4) is 0 Å². The van der Waals surface area contributed by atoms with Crippen LogP contribution < -0.4 is 4.74 Å². The molecule has 1 heterocycles. The third-order valence-electron chi connectivity index (χ3n) is 5.98. The highest BCUT2D eigenvalue weighted by molar-refractivity contribution is 8.18. The van der Waals surface area contributed by atoms with Crippen LogP contribution in [0, 0.1) is 5.92 Å². The Morgan fingerprint density at radius 3 is 2.58 bits per heavy atom. The number of amidine groups is 1. The molecule has 7 heteroatoms. The van der Waals surface area contributed by atoms with Crippen molar-refractivity contribution >= 4 is 40.6 Å². The molecule has 0 bridgehead atoms. The van der Waals surface area contributed by atoms with Crippen molar-refractivity contribution in [3.05, 3.63) is 65.1 Å². The molecular weight excluding hydrogens is 436 g/mol. The second kappa shape index (κ2) is 10.7. The molecule has 0 aromatic heterocycles. The van der Waals surface area contributed by atoms with Gasteiger partial charge in [0.2, 0.25) is 0 Å². The number of aliphatic imine (C=N–C) groups is 1. The molecule has 0 unspecified atom stereocenters. The molecule has 1 N–H and O–H groups in total. The van der Waals surface area contributed by atoms with Gasteiger partial charge in [0.05, 0.1) is 23.6 Å². The Morgan fingerprint density at radius 2 is 1.88 bits per heavy atom. The number of para-hydroxylation sites is 1. The highest BCUT2D eigenvalue weighted by Gasteiger charge is 2.41. The Labute approximate surface area is 198 Å². The van der Waals surface area contributed by atoms with Gasteiger partial charge in [0.15, 0.2) is 5.17 Å². The topological polar surface area (TPSA) is 79.2 Å². The average Bonchev–Trinajstić information content (AvgIpc) is 3.10. The molecule has 1 saturated carbocycles. The average molecular weight is 465 g/mol. The molecule has 33 heavy (non-hydrogen) atoms. The van der Waals surface area contributed by atoms with Crippen LogP contribution in [0.15, 0.2) is 64.5 Å². The largest absolute Gasteiger partial charge is 0.493 e. The molecule has 1 saturated heterocycles. The summed E-state index contributed by atoms with van der Waals surface area (Å²) < 4.78 is 5.45. The van der Waals surface area contributed by atoms with Gasteiger partial charge >= 0.3 is 5.97 Å². The number of carbonyl (C=O) groups is 2. The monoisotopic (exact) mass is 464 g/mol. The van der Waals surface area contributed by atoms with Crippen molar-refractivity contribution in [2.45, 2.75) is 45.1 Å². The molecule has 1 aliphatic carbocycles. The Morgan fingerprint density at radius 1 is 1.15 bits per heavy atom. The highest BCUT2D eigenvalue weighted by atomic mass is 32.2. The third kappa shape index (κ3) is 5.85. The van der Waals surface area contributed by atoms with Gasteiger partial charge < -0.3 is 9.84 Å². The third-order valence-corrected chi connectivity index (χ3v) is 6.96. The molecular formula is C26H28N2O4S. The molecule has 1 amide bonds. The summed E-state index contributed by atoms with van der Waals surface area (Å²) in [5.74, 6) is 0.159. The van der Waals surface area contributed by atoms with E-state index >= 15 is 0 Å². The fraction of sp³-hybridized carbons (Fsp3) is 0.346. The summed E-state index contributed by atoms with van der Waals surface area (Å²) in [5, 5.41) is 9.47. The number of hydrogen-bond donors (Lipinski definition) is 1. The summed E-state index contributed by atoms with van der Waals surface area (Å²) in [4.78, 5) is 31.5. The number of hydrogen-bond acceptors (Lipinski definition) is 5. The van der Waals surface area contributed by atoms with E-state index < -0.39 is 5.97 Å². The van der Waals surface area contributed by atoms with Crippen molar-refractivity contribution in [3.8, 4) is 5.75 Å². The lowest BCUT2D eigenvalue weighted by Gasteiger charge is -2.35. The lowest BCUT2D eigenvalue weighted by Crippen LogP contribution is -2.44. The normalized spacial score (nSPS) is 23.3. The number of rotatable bonds is 7. The minimum absolute atomic E-state index is 0.00946. The van der Waals surface area contributed by atoms with Crippen molar-refractivity contribution in [2.24, 2.45) is 10.9 Å². The maximum absolute atomic E-state index is 13.5. The van der Waals surface area contributed by atoms with Gasteiger partial charge in [-0.15, -0.1) is 0 Å². The SMILES string of the molecule is C[C@H]1CCCC[C@H]1N1C(=O)/C(=C/c2ccc(OCCC(=O)O)cc2)SC1=Nc1ccccc1. The first kappa shape index (κ1) is 23.1. The predicted octanol–water partition coefficient (Wildman–Crippen LogP) is 5.72. The van der Waals surface area contributed by atoms with E-state index in [1.54, 1.807) is 12.1 Å². The highest BCUT2D eigenvalue weighted by Crippen LogP contribution is 2.40. The van der Waals surface area contributed by atoms with E-state index in [0.717, 1.165) is 35.7 Å². The van der Waals surface area contributed by atoms with Crippen LogP contribution in [0.2, 0.25) is 0 Å². The van der Waals surface area contributed by atoms with Crippen molar-refractivity contribution < 1.29 is 19.4 Å². The summed E-state index contributed by atoms with van der Waals surface area (Å²) >= 11 is 1.42. The van der Waals surface area contributed by atoms with Crippen LogP contribution in [0.25, 0.3) is 6.08 Å². The predicted molar refractivity (Wildman–Crippen MR) is 132 cm³/mol. The van der Waals surface area contributed by atoms with Gasteiger partial charge in [-0.25, -0.2) is 4.99 Å². The maximum atomic E-state index is 13.5. The van der Waals surface area contributed by atoms with Gasteiger partial charge in [-0.2, -0.15) is 0 Å². The van der Waals surface area contributed by atoms with Gasteiger partial charge in [-0.1, -0.05) is 50.1 Å². The van der Waals surface area contributed by atoms with Crippen molar-refractivity contribution in [2.75, 3.05) is 6.61 Å². The van der Waals surface area contributed by atoms with Crippen molar-refractivity contribution in [1.82, 2.24) is 4.90 Å². The van der Waals surface area contributed by atoms with Crippen LogP contribution in [0.5, 0.6) is 5.75 Å². The van der Waals surface area contributed by atoms with E-state index in [0.29, 0.717) is 16.6 Å². The number of carbonyl (C=O) groups excluding carboxylic acids is 1. The van der Waals surface area contributed by atoms with E-state index in [2.05, 4.69) is 6.92 Å². The van der Waals surface area contributed by atoms with E-state index in [9.17, 15) is 9.59 Å². The lowest BCUT2D eigenvalue weighted by molar-refractivity contribution is -0.137. The summed E-state index contributed by atoms with van der Waals surface area (Å²) in [6.07, 6.45) is 6.31. The minimum Gasteiger partial charge on any atom is -0.493 e. The summed E-state index contributed by atoms with van der Waals surface area (Å²) in [7, 11) is 0. The Kier molecular flexibility index (Phi) is 7.50. The Balaban J connectivity index is 1.57. The van der Waals surface area contributed by atoms with Crippen molar-refractivity contribution in [3.63, 3.8) is 0 Å². The zero-order chi connectivity index (χ0) is 23.2. The smallest absolute Gasteiger partial charge is 0.306 e. The van der Waals surface area contributed by atoms with Crippen molar-refractivity contribution in [1.29, 1.82) is 0 Å². The quantitative estimate of drug-likeness (QED) is 0.530. The van der Waals surface area contributed by atoms with E-state index in [4.69, 9.17) is 14.8 Å². The van der Waals surface area contributed by atoms with Crippen LogP contribution in [-0.2, 0) is 9.59 Å². The van der Waals surface area contributed by atoms with Crippen LogP contribution >= 0.6 is 11.8 Å². The number of benzene rings is 2. The number of carboxylic acids is 1. The van der Waals surface area contributed by atoms with Gasteiger partial charge in [0.1, 0.15) is 5.75 Å². The summed E-state index contributed by atoms with van der Waals surface area (Å²) in [5.41, 5.74) is 1.72. The molecule has 2 aromatic carbocycles. The first-order valence-electron chi connectivity index (χ1n) is 11.3. The number of nitrogens with zero attached hydrogens (tertiary/aromatic N) is 2. The molecule has 4 rings (SSSR count). The Bertz CT molecular complexity index is 1050. The van der Waals surface area contributed by atoms with Crippen LogP contribution in [0.1, 0.15) is 44.6 Å². The minimum atomic E-state index is -0.891. The second-order valence-electron chi connectivity index (χ2n) is 8.41. The zero-order valence-electron chi connectivity index (χ0n) is 18.6. The number of amides is 1. The Hall–Kier alpha value is -3.06. The van der Waals surface area contributed by atoms with Gasteiger partial charge in [-0.05, 0) is 66.4 Å². The van der Waals surface area contributed by atoms with Gasteiger partial charge in [0, 0.05) is 6.04 Å². The summed E-state index contributed by atoms with van der Waals surface area (Å²) in [6, 6.07) is 17.2. The molecule has 2 atom stereocenters. The zero-order valence-corrected chi connectivity index (χ0v) is 19.5. The molecule has 2 fully saturated rings. The maximum Gasteiger partial charge on any atom is 0.306 e. The first-order valence-corrected chi connectivity index (χ1v) is 12.1. The molecule has 1 aliphatic heterocycles. The van der Waals surface area contributed by atoms with Gasteiger partial charge in [0.25, 0.3) is 5.91 Å². The number of ether oxygens (including phenoxy) is 1. The van der Waals surface area contributed by atoms with E-state index in [1.807, 2.05) is 53.4 Å². The summed E-state index contributed by atoms with van der Waals surface area (Å²) in [6.45, 7) is 2.35. The standard InChI is InChI=1S/C26H28N2O4S/c1-18-7-5-6-10-22(18)28-25(31)23(33-26(28)27-20-8-3-2-4-9-20)17-19-11-13-21(14-12-19)32-16-15-24(29)30/h2-4,8-9,11-14,17-18,22H,5-7,10,15-16H2,1H3,(H,29,30)/b23-17-,27-26?/t18-,22+/m0/s1. The molecule has 6 nitrogen and oxygen atoms in total. The molecule has 2 aromatic rings. The number of aliphatic carboxylic acids is 1. The van der Waals surface area contributed by atoms with Crippen LogP contribution in [0.4, 0.5) is 5.69 Å². The molecule has 2 aliphatic rings. The van der Waals surface area contributed by atoms with Gasteiger partial charge in [-0.3, -0.25) is 14.5 Å². The molecule has 0 spiro atoms. The molecule has 172 valence electrons. The van der Waals surface area contributed by atoms with E-state index in [1.165, 1.54) is 18.2 Å². The fourth-order valence-corrected chi connectivity index (χ4v) is 5.26. The van der Waals surface area contributed by atoms with E-state index in [-0.39, 0.29) is 25.0 Å². The fourth-order valence-electron chi connectivity index (χ4n) is 4.22. The number of carboxylic acid groups (broad SMARTS) is 1. The van der Waals surface area contributed by atoms with Crippen LogP contribution in [-0.4, -0.2) is 39.7 Å².